The number of hydrogen-bond donors (Lipinski definition) is 0. The first-order chi connectivity index (χ1) is 24.3. The predicted octanol–water partition coefficient (Wildman–Crippen LogP) is 10.5. The van der Waals surface area contributed by atoms with Crippen LogP contribution in [0.2, 0.25) is 0 Å². The van der Waals surface area contributed by atoms with Crippen molar-refractivity contribution in [2.75, 3.05) is 0 Å². The summed E-state index contributed by atoms with van der Waals surface area (Å²) in [5, 5.41) is 4.56. The Kier molecular flexibility index (Phi) is 6.10. The number of fused-ring (bicyclic) bond motifs is 6. The minimum atomic E-state index is 0.660. The third-order valence-corrected chi connectivity index (χ3v) is 9.59. The van der Waals surface area contributed by atoms with E-state index in [9.17, 15) is 0 Å². The van der Waals surface area contributed by atoms with E-state index in [-0.39, 0.29) is 0 Å². The number of furan rings is 1. The molecule has 0 N–H and O–H groups in total. The van der Waals surface area contributed by atoms with Gasteiger partial charge in [0, 0.05) is 32.7 Å². The largest absolute Gasteiger partial charge is 0.493 e. The maximum absolute atomic E-state index is 6.39. The Bertz CT molecular complexity index is 2850. The van der Waals surface area contributed by atoms with Crippen molar-refractivity contribution in [1.29, 1.82) is 0 Å². The monoisotopic (exact) mass is 626 g/mol. The van der Waals surface area contributed by atoms with Crippen LogP contribution in [0.15, 0.2) is 173 Å². The summed E-state index contributed by atoms with van der Waals surface area (Å²) in [4.78, 5) is 5.06. The smallest absolute Gasteiger partial charge is 0.455 e. The lowest BCUT2D eigenvalue weighted by molar-refractivity contribution is 0.670. The fourth-order valence-corrected chi connectivity index (χ4v) is 7.20. The van der Waals surface area contributed by atoms with Crippen molar-refractivity contribution >= 4 is 61.6 Å². The van der Waals surface area contributed by atoms with Crippen molar-refractivity contribution in [1.82, 2.24) is 9.24 Å². The minimum Gasteiger partial charge on any atom is -0.455 e. The van der Waals surface area contributed by atoms with Crippen LogP contribution in [0.1, 0.15) is 5.56 Å². The van der Waals surface area contributed by atoms with Gasteiger partial charge in [-0.2, -0.15) is 4.57 Å². The second-order valence-corrected chi connectivity index (χ2v) is 12.4. The highest BCUT2D eigenvalue weighted by Gasteiger charge is 2.27. The van der Waals surface area contributed by atoms with E-state index < -0.39 is 0 Å². The Labute approximate surface area is 282 Å². The zero-order chi connectivity index (χ0) is 32.3. The molecule has 0 saturated heterocycles. The predicted molar refractivity (Wildman–Crippen MR) is 205 cm³/mol. The van der Waals surface area contributed by atoms with E-state index in [0.29, 0.717) is 5.96 Å². The van der Waals surface area contributed by atoms with Crippen molar-refractivity contribution < 1.29 is 4.42 Å². The van der Waals surface area contributed by atoms with Gasteiger partial charge in [-0.25, -0.2) is 4.67 Å². The van der Waals surface area contributed by atoms with Crippen LogP contribution in [0.25, 0.3) is 77.1 Å². The summed E-state index contributed by atoms with van der Waals surface area (Å²) in [6, 6.07) is 57.5. The fraction of sp³-hybridized carbons (Fsp3) is 0. The number of nitrogens with zero attached hydrogens (tertiary/aromatic N) is 3. The third-order valence-electron chi connectivity index (χ3n) is 9.59. The number of aromatic nitrogens is 1. The molecule has 4 heteroatoms. The van der Waals surface area contributed by atoms with Gasteiger partial charge < -0.3 is 4.42 Å². The van der Waals surface area contributed by atoms with Crippen molar-refractivity contribution in [2.45, 2.75) is 0 Å². The molecule has 0 saturated carbocycles. The normalized spacial score (nSPS) is 12.7. The molecular formula is C45H28N3O+. The summed E-state index contributed by atoms with van der Waals surface area (Å²) in [7, 11) is 0. The molecular weight excluding hydrogens is 599 g/mol. The van der Waals surface area contributed by atoms with Gasteiger partial charge in [0.2, 0.25) is 6.21 Å². The summed E-state index contributed by atoms with van der Waals surface area (Å²) >= 11 is 0. The molecule has 1 aliphatic heterocycles. The van der Waals surface area contributed by atoms with E-state index in [4.69, 9.17) is 14.1 Å². The zero-order valence-electron chi connectivity index (χ0n) is 26.4. The Morgan fingerprint density at radius 1 is 0.449 bits per heavy atom. The van der Waals surface area contributed by atoms with Crippen molar-refractivity contribution in [3.8, 4) is 33.4 Å². The average Bonchev–Trinajstić information content (AvgIpc) is 3.89. The molecule has 0 unspecified atom stereocenters. The second-order valence-electron chi connectivity index (χ2n) is 12.4. The Morgan fingerprint density at radius 3 is 1.94 bits per heavy atom. The molecule has 228 valence electrons. The van der Waals surface area contributed by atoms with Crippen LogP contribution >= 0.6 is 0 Å². The Morgan fingerprint density at radius 2 is 1.08 bits per heavy atom. The maximum Gasteiger partial charge on any atom is 0.493 e. The molecule has 0 atom stereocenters. The van der Waals surface area contributed by atoms with Crippen molar-refractivity contribution in [3.63, 3.8) is 0 Å². The molecule has 4 nitrogen and oxygen atoms in total. The zero-order valence-corrected chi connectivity index (χ0v) is 26.4. The molecule has 7 aromatic carbocycles. The van der Waals surface area contributed by atoms with E-state index in [2.05, 4.69) is 150 Å². The van der Waals surface area contributed by atoms with Crippen LogP contribution in [-0.4, -0.2) is 22.5 Å². The number of aliphatic imine (C=N–C) groups is 1. The van der Waals surface area contributed by atoms with Crippen LogP contribution in [0, 0.1) is 0 Å². The second kappa shape index (κ2) is 10.9. The molecule has 9 aromatic rings. The first-order valence-electron chi connectivity index (χ1n) is 16.5. The molecule has 3 heterocycles. The van der Waals surface area contributed by atoms with E-state index in [1.54, 1.807) is 0 Å². The molecule has 1 aliphatic rings. The molecule has 0 bridgehead atoms. The molecule has 2 aromatic heterocycles. The SMILES string of the molecule is C1=[N+]=C(n2c3ccccc3c3cc(-c4cccc5c4oc4ccccc45)ccc32)N=C1c1ccc(-c2cccc(-c3ccccc3)c2)cc1. The third kappa shape index (κ3) is 4.47. The lowest BCUT2D eigenvalue weighted by Gasteiger charge is -2.06. The molecule has 0 radical (unpaired) electrons. The van der Waals surface area contributed by atoms with E-state index in [1.165, 1.54) is 16.7 Å². The van der Waals surface area contributed by atoms with Crippen molar-refractivity contribution in [3.05, 3.63) is 169 Å². The summed E-state index contributed by atoms with van der Waals surface area (Å²) in [6.07, 6.45) is 1.87. The standard InChI is InChI=1S/C45H28N3O/c1-2-10-29(11-3-1)32-12-8-13-33(26-32)30-20-22-31(23-21-30)40-28-46-45(47-40)48-41-18-6-4-14-36(41)39-27-34(24-25-42(39)48)35-16-9-17-38-37-15-5-7-19-43(37)49-44(35)38/h1-28H/q+1. The van der Waals surface area contributed by atoms with Gasteiger partial charge in [-0.1, -0.05) is 138 Å². The Balaban J connectivity index is 1.01. The van der Waals surface area contributed by atoms with Gasteiger partial charge in [0.1, 0.15) is 22.2 Å². The van der Waals surface area contributed by atoms with Gasteiger partial charge in [0.05, 0.1) is 0 Å². The van der Waals surface area contributed by atoms with Crippen molar-refractivity contribution in [2.24, 2.45) is 4.99 Å². The molecule has 0 fully saturated rings. The van der Waals surface area contributed by atoms with Crippen LogP contribution in [-0.2, 0) is 0 Å². The Hall–Kier alpha value is -6.74. The lowest BCUT2D eigenvalue weighted by atomic mass is 9.98. The van der Waals surface area contributed by atoms with Gasteiger partial charge in [-0.3, -0.25) is 0 Å². The topological polar surface area (TPSA) is 44.5 Å². The van der Waals surface area contributed by atoms with Crippen LogP contribution in [0.3, 0.4) is 0 Å². The summed E-state index contributed by atoms with van der Waals surface area (Å²) in [6.45, 7) is 0. The number of benzene rings is 7. The fourth-order valence-electron chi connectivity index (χ4n) is 7.20. The summed E-state index contributed by atoms with van der Waals surface area (Å²) in [5.41, 5.74) is 12.8. The molecule has 10 rings (SSSR count). The van der Waals surface area contributed by atoms with Crippen LogP contribution < -0.4 is 4.67 Å². The van der Waals surface area contributed by atoms with E-state index in [1.807, 2.05) is 24.4 Å². The summed E-state index contributed by atoms with van der Waals surface area (Å²) < 4.78 is 13.4. The van der Waals surface area contributed by atoms with E-state index in [0.717, 1.165) is 71.7 Å². The number of hydrogen-bond acceptors (Lipinski definition) is 2. The number of para-hydroxylation sites is 3. The first kappa shape index (κ1) is 27.4. The van der Waals surface area contributed by atoms with Gasteiger partial charge in [0.15, 0.2) is 5.71 Å². The molecule has 0 amide bonds. The average molecular weight is 627 g/mol. The van der Waals surface area contributed by atoms with E-state index >= 15 is 0 Å². The first-order valence-corrected chi connectivity index (χ1v) is 16.5. The van der Waals surface area contributed by atoms with Gasteiger partial charge in [0.25, 0.3) is 0 Å². The van der Waals surface area contributed by atoms with Crippen LogP contribution in [0.4, 0.5) is 0 Å². The molecule has 0 spiro atoms. The number of rotatable bonds is 4. The quantitative estimate of drug-likeness (QED) is 0.179. The molecule has 49 heavy (non-hydrogen) atoms. The highest BCUT2D eigenvalue weighted by molar-refractivity contribution is 6.42. The maximum atomic E-state index is 6.39. The summed E-state index contributed by atoms with van der Waals surface area (Å²) in [5.74, 6) is 0.660. The van der Waals surface area contributed by atoms with Gasteiger partial charge in [-0.15, -0.1) is 0 Å². The van der Waals surface area contributed by atoms with Crippen LogP contribution in [0.5, 0.6) is 0 Å². The highest BCUT2D eigenvalue weighted by Crippen LogP contribution is 2.38. The highest BCUT2D eigenvalue weighted by atomic mass is 16.3. The van der Waals surface area contributed by atoms with Gasteiger partial charge in [-0.05, 0) is 58.1 Å². The minimum absolute atomic E-state index is 0.660. The van der Waals surface area contributed by atoms with Gasteiger partial charge >= 0.3 is 5.96 Å². The molecule has 0 aliphatic carbocycles. The lowest BCUT2D eigenvalue weighted by Crippen LogP contribution is -2.10.